The van der Waals surface area contributed by atoms with E-state index >= 15 is 0 Å². The van der Waals surface area contributed by atoms with E-state index in [1.807, 2.05) is 6.92 Å². The minimum Gasteiger partial charge on any atom is -0.459 e. The molecule has 0 saturated heterocycles. The molecule has 4 rings (SSSR count). The maximum Gasteiger partial charge on any atom is 0.284 e. The Hall–Kier alpha value is -2.84. The third-order valence-corrected chi connectivity index (χ3v) is 6.74. The zero-order valence-corrected chi connectivity index (χ0v) is 16.5. The summed E-state index contributed by atoms with van der Waals surface area (Å²) >= 11 is 1.37. The number of furan rings is 1. The molecule has 0 amide bonds. The molecule has 142 valence electrons. The zero-order chi connectivity index (χ0) is 19.6. The Morgan fingerprint density at radius 2 is 1.61 bits per heavy atom. The third-order valence-electron chi connectivity index (χ3n) is 4.07. The van der Waals surface area contributed by atoms with Crippen molar-refractivity contribution in [3.8, 4) is 11.7 Å². The lowest BCUT2D eigenvalue weighted by Crippen LogP contribution is -2.02. The van der Waals surface area contributed by atoms with Crippen LogP contribution in [-0.4, -0.2) is 18.6 Å². The van der Waals surface area contributed by atoms with Crippen LogP contribution in [-0.2, 0) is 15.6 Å². The number of aryl methyl sites for hydroxylation is 1. The van der Waals surface area contributed by atoms with Crippen LogP contribution in [0.25, 0.3) is 11.7 Å². The number of benzene rings is 2. The van der Waals surface area contributed by atoms with Crippen LogP contribution < -0.4 is 0 Å². The summed E-state index contributed by atoms with van der Waals surface area (Å²) in [6.45, 7) is 1.92. The van der Waals surface area contributed by atoms with Crippen LogP contribution in [0.15, 0.2) is 90.8 Å². The molecule has 0 aliphatic heterocycles. The molecule has 0 saturated carbocycles. The number of rotatable bonds is 6. The highest BCUT2D eigenvalue weighted by molar-refractivity contribution is 7.98. The van der Waals surface area contributed by atoms with Gasteiger partial charge < -0.3 is 8.83 Å². The molecule has 2 aromatic carbocycles. The van der Waals surface area contributed by atoms with Gasteiger partial charge in [-0.25, -0.2) is 8.42 Å². The van der Waals surface area contributed by atoms with E-state index in [9.17, 15) is 8.42 Å². The maximum atomic E-state index is 12.7. The summed E-state index contributed by atoms with van der Waals surface area (Å²) in [5.74, 6) is 1.42. The number of nitrogens with zero attached hydrogens (tertiary/aromatic N) is 2. The van der Waals surface area contributed by atoms with Gasteiger partial charge in [-0.1, -0.05) is 41.6 Å². The van der Waals surface area contributed by atoms with Crippen molar-refractivity contribution >= 4 is 21.6 Å². The van der Waals surface area contributed by atoms with Crippen molar-refractivity contribution in [1.82, 2.24) is 10.2 Å². The summed E-state index contributed by atoms with van der Waals surface area (Å²) in [6.07, 6.45) is 1.54. The van der Waals surface area contributed by atoms with Crippen LogP contribution in [0.4, 0.5) is 0 Å². The van der Waals surface area contributed by atoms with Crippen molar-refractivity contribution in [3.63, 3.8) is 0 Å². The molecular formula is C20H16N2O4S2. The predicted molar refractivity (Wildman–Crippen MR) is 105 cm³/mol. The van der Waals surface area contributed by atoms with Crippen LogP contribution in [0, 0.1) is 6.92 Å². The van der Waals surface area contributed by atoms with Gasteiger partial charge in [0, 0.05) is 5.75 Å². The largest absolute Gasteiger partial charge is 0.459 e. The highest BCUT2D eigenvalue weighted by Crippen LogP contribution is 2.27. The lowest BCUT2D eigenvalue weighted by atomic mass is 10.2. The van der Waals surface area contributed by atoms with Crippen LogP contribution in [0.2, 0.25) is 0 Å². The molecule has 0 spiro atoms. The van der Waals surface area contributed by atoms with Crippen molar-refractivity contribution in [3.05, 3.63) is 78.1 Å². The number of sulfone groups is 1. The van der Waals surface area contributed by atoms with Crippen molar-refractivity contribution < 1.29 is 17.3 Å². The third kappa shape index (κ3) is 3.88. The summed E-state index contributed by atoms with van der Waals surface area (Å²) in [7, 11) is -3.52. The van der Waals surface area contributed by atoms with Crippen molar-refractivity contribution in [2.75, 3.05) is 0 Å². The van der Waals surface area contributed by atoms with E-state index in [0.29, 0.717) is 22.6 Å². The fraction of sp³-hybridized carbons (Fsp3) is 0.100. The van der Waals surface area contributed by atoms with Gasteiger partial charge in [0.25, 0.3) is 11.1 Å². The van der Waals surface area contributed by atoms with E-state index in [-0.39, 0.29) is 9.79 Å². The molecule has 0 bridgehead atoms. The second-order valence-corrected chi connectivity index (χ2v) is 8.98. The first-order valence-electron chi connectivity index (χ1n) is 8.43. The van der Waals surface area contributed by atoms with Gasteiger partial charge in [-0.2, -0.15) is 0 Å². The summed E-state index contributed by atoms with van der Waals surface area (Å²) in [6, 6.07) is 17.1. The molecule has 0 N–H and O–H groups in total. The number of hydrogen-bond donors (Lipinski definition) is 0. The maximum absolute atomic E-state index is 12.7. The van der Waals surface area contributed by atoms with Gasteiger partial charge in [0.1, 0.15) is 0 Å². The summed E-state index contributed by atoms with van der Waals surface area (Å²) in [5.41, 5.74) is 1.97. The fourth-order valence-corrected chi connectivity index (χ4v) is 4.51. The topological polar surface area (TPSA) is 86.2 Å². The van der Waals surface area contributed by atoms with Crippen molar-refractivity contribution in [2.24, 2.45) is 0 Å². The molecular weight excluding hydrogens is 396 g/mol. The molecule has 0 fully saturated rings. The van der Waals surface area contributed by atoms with E-state index < -0.39 is 9.84 Å². The zero-order valence-electron chi connectivity index (χ0n) is 14.9. The molecule has 2 heterocycles. The van der Waals surface area contributed by atoms with E-state index in [2.05, 4.69) is 10.2 Å². The molecule has 4 aromatic rings. The standard InChI is InChI=1S/C20H16N2O4S2/c1-14-4-8-16(9-5-14)28(23,24)17-10-6-15(7-11-17)13-27-20-22-21-19(26-20)18-3-2-12-25-18/h2-12H,13H2,1H3. The second-order valence-electron chi connectivity index (χ2n) is 6.10. The smallest absolute Gasteiger partial charge is 0.284 e. The highest BCUT2D eigenvalue weighted by atomic mass is 32.2. The van der Waals surface area contributed by atoms with Gasteiger partial charge in [-0.3, -0.25) is 0 Å². The quantitative estimate of drug-likeness (QED) is 0.422. The van der Waals surface area contributed by atoms with Gasteiger partial charge >= 0.3 is 0 Å². The van der Waals surface area contributed by atoms with Crippen molar-refractivity contribution in [2.45, 2.75) is 27.7 Å². The minimum absolute atomic E-state index is 0.267. The van der Waals surface area contributed by atoms with E-state index in [4.69, 9.17) is 8.83 Å². The monoisotopic (exact) mass is 412 g/mol. The van der Waals surface area contributed by atoms with Gasteiger partial charge in [-0.05, 0) is 48.9 Å². The van der Waals surface area contributed by atoms with Gasteiger partial charge in [-0.15, -0.1) is 10.2 Å². The first-order valence-corrected chi connectivity index (χ1v) is 10.9. The Morgan fingerprint density at radius 1 is 0.929 bits per heavy atom. The summed E-state index contributed by atoms with van der Waals surface area (Å²) < 4.78 is 36.2. The molecule has 8 heteroatoms. The predicted octanol–water partition coefficient (Wildman–Crippen LogP) is 4.76. The highest BCUT2D eigenvalue weighted by Gasteiger charge is 2.17. The number of hydrogen-bond acceptors (Lipinski definition) is 7. The van der Waals surface area contributed by atoms with E-state index in [0.717, 1.165) is 11.1 Å². The van der Waals surface area contributed by atoms with Crippen LogP contribution in [0.1, 0.15) is 11.1 Å². The van der Waals surface area contributed by atoms with Gasteiger partial charge in [0.05, 0.1) is 16.1 Å². The summed E-state index contributed by atoms with van der Waals surface area (Å²) in [5, 5.41) is 8.35. The molecule has 28 heavy (non-hydrogen) atoms. The normalized spacial score (nSPS) is 11.6. The molecule has 6 nitrogen and oxygen atoms in total. The lowest BCUT2D eigenvalue weighted by molar-refractivity contribution is 0.447. The fourth-order valence-electron chi connectivity index (χ4n) is 2.53. The first kappa shape index (κ1) is 18.5. The molecule has 2 aromatic heterocycles. The van der Waals surface area contributed by atoms with E-state index in [1.54, 1.807) is 66.9 Å². The second kappa shape index (κ2) is 7.65. The first-order chi connectivity index (χ1) is 13.5. The molecule has 0 atom stereocenters. The van der Waals surface area contributed by atoms with Gasteiger partial charge in [0.15, 0.2) is 5.76 Å². The Bertz CT molecular complexity index is 1160. The minimum atomic E-state index is -3.52. The van der Waals surface area contributed by atoms with Crippen LogP contribution >= 0.6 is 11.8 Å². The Balaban J connectivity index is 1.44. The average Bonchev–Trinajstić information content (AvgIpc) is 3.39. The Morgan fingerprint density at radius 3 is 2.25 bits per heavy atom. The number of thioether (sulfide) groups is 1. The van der Waals surface area contributed by atoms with Crippen LogP contribution in [0.5, 0.6) is 0 Å². The lowest BCUT2D eigenvalue weighted by Gasteiger charge is -2.06. The number of aromatic nitrogens is 2. The average molecular weight is 412 g/mol. The molecule has 0 unspecified atom stereocenters. The summed E-state index contributed by atoms with van der Waals surface area (Å²) in [4.78, 5) is 0.555. The SMILES string of the molecule is Cc1ccc(S(=O)(=O)c2ccc(CSc3nnc(-c4ccco4)o3)cc2)cc1. The van der Waals surface area contributed by atoms with Gasteiger partial charge in [0.2, 0.25) is 9.84 Å². The molecule has 0 aliphatic rings. The van der Waals surface area contributed by atoms with Crippen molar-refractivity contribution in [1.29, 1.82) is 0 Å². The molecule has 0 radical (unpaired) electrons. The Labute approximate surface area is 166 Å². The molecule has 0 aliphatic carbocycles. The van der Waals surface area contributed by atoms with Crippen LogP contribution in [0.3, 0.4) is 0 Å². The van der Waals surface area contributed by atoms with E-state index in [1.165, 1.54) is 11.8 Å². The Kier molecular flexibility index (Phi) is 5.06.